The number of hydrogen-bond acceptors (Lipinski definition) is 1. The molecule has 0 atom stereocenters. The molecule has 0 fully saturated rings. The number of para-hydroxylation sites is 2. The van der Waals surface area contributed by atoms with Crippen molar-refractivity contribution in [3.05, 3.63) is 109 Å². The van der Waals surface area contributed by atoms with E-state index in [1.165, 1.54) is 38.7 Å². The van der Waals surface area contributed by atoms with Crippen LogP contribution < -0.4 is 0 Å². The van der Waals surface area contributed by atoms with Crippen LogP contribution in [0.2, 0.25) is 0 Å². The third-order valence-corrected chi connectivity index (χ3v) is 6.36. The van der Waals surface area contributed by atoms with Crippen LogP contribution in [0, 0.1) is 0 Å². The zero-order valence-electron chi connectivity index (χ0n) is 16.8. The topological polar surface area (TPSA) is 17.8 Å². The predicted octanol–water partition coefficient (Wildman–Crippen LogP) is 7.49. The molecule has 0 amide bonds. The molecule has 0 saturated carbocycles. The largest absolute Gasteiger partial charge is 0.292 e. The van der Waals surface area contributed by atoms with Crippen molar-refractivity contribution < 1.29 is 0 Å². The number of hydrogen-bond donors (Lipinski definition) is 0. The lowest BCUT2D eigenvalue weighted by Gasteiger charge is -2.14. The summed E-state index contributed by atoms with van der Waals surface area (Å²) in [4.78, 5) is 5.03. The second-order valence-electron chi connectivity index (χ2n) is 8.03. The minimum absolute atomic E-state index is 0.970. The molecule has 1 aliphatic rings. The normalized spacial score (nSPS) is 11.9. The second-order valence-corrected chi connectivity index (χ2v) is 8.03. The maximum absolute atomic E-state index is 5.03. The van der Waals surface area contributed by atoms with Crippen LogP contribution in [0.1, 0.15) is 0 Å². The summed E-state index contributed by atoms with van der Waals surface area (Å²) < 4.78 is 2.32. The van der Waals surface area contributed by atoms with E-state index in [9.17, 15) is 0 Å². The van der Waals surface area contributed by atoms with E-state index in [4.69, 9.17) is 4.98 Å². The van der Waals surface area contributed by atoms with Crippen LogP contribution in [0.25, 0.3) is 61.1 Å². The first kappa shape index (κ1) is 16.6. The molecule has 0 N–H and O–H groups in total. The predicted molar refractivity (Wildman–Crippen MR) is 128 cm³/mol. The zero-order valence-corrected chi connectivity index (χ0v) is 16.8. The van der Waals surface area contributed by atoms with E-state index in [0.29, 0.717) is 0 Å². The van der Waals surface area contributed by atoms with Crippen LogP contribution in [0.4, 0.5) is 0 Å². The van der Waals surface area contributed by atoms with Gasteiger partial charge in [-0.05, 0) is 45.8 Å². The maximum atomic E-state index is 5.03. The Morgan fingerprint density at radius 1 is 0.516 bits per heavy atom. The molecule has 0 aliphatic heterocycles. The molecule has 2 nitrogen and oxygen atoms in total. The monoisotopic (exact) mass is 394 g/mol. The van der Waals surface area contributed by atoms with Crippen molar-refractivity contribution in [2.24, 2.45) is 0 Å². The molecule has 1 aromatic heterocycles. The maximum Gasteiger partial charge on any atom is 0.145 e. The van der Waals surface area contributed by atoms with E-state index >= 15 is 0 Å². The van der Waals surface area contributed by atoms with Crippen LogP contribution >= 0.6 is 0 Å². The lowest BCUT2D eigenvalue weighted by Crippen LogP contribution is -1.99. The van der Waals surface area contributed by atoms with Gasteiger partial charge in [-0.25, -0.2) is 4.98 Å². The molecule has 5 aromatic carbocycles. The average Bonchev–Trinajstić information content (AvgIpc) is 3.38. The highest BCUT2D eigenvalue weighted by atomic mass is 15.1. The molecule has 1 heterocycles. The van der Waals surface area contributed by atoms with E-state index in [2.05, 4.69) is 108 Å². The fourth-order valence-electron chi connectivity index (χ4n) is 5.04. The molecule has 0 spiro atoms. The first-order chi connectivity index (χ1) is 15.4. The molecule has 1 aliphatic carbocycles. The molecule has 0 saturated heterocycles. The first-order valence-electron chi connectivity index (χ1n) is 10.6. The minimum Gasteiger partial charge on any atom is -0.292 e. The van der Waals surface area contributed by atoms with Crippen molar-refractivity contribution in [1.82, 2.24) is 9.55 Å². The van der Waals surface area contributed by atoms with Gasteiger partial charge in [-0.15, -0.1) is 0 Å². The van der Waals surface area contributed by atoms with Crippen molar-refractivity contribution in [2.75, 3.05) is 0 Å². The highest BCUT2D eigenvalue weighted by Crippen LogP contribution is 2.48. The number of imidazole rings is 1. The third kappa shape index (κ3) is 2.25. The Morgan fingerprint density at radius 3 is 2.03 bits per heavy atom. The zero-order chi connectivity index (χ0) is 20.4. The highest BCUT2D eigenvalue weighted by Gasteiger charge is 2.23. The van der Waals surface area contributed by atoms with Gasteiger partial charge in [-0.2, -0.15) is 0 Å². The minimum atomic E-state index is 0.970. The Hall–Kier alpha value is -4.17. The van der Waals surface area contributed by atoms with Gasteiger partial charge < -0.3 is 0 Å². The lowest BCUT2D eigenvalue weighted by molar-refractivity contribution is 1.12. The molecular weight excluding hydrogens is 376 g/mol. The number of rotatable bonds is 2. The average molecular weight is 394 g/mol. The molecular formula is C29H18N2. The highest BCUT2D eigenvalue weighted by molar-refractivity contribution is 6.17. The first-order valence-corrected chi connectivity index (χ1v) is 10.6. The van der Waals surface area contributed by atoms with Gasteiger partial charge in [-0.3, -0.25) is 4.57 Å². The molecule has 6 aromatic rings. The van der Waals surface area contributed by atoms with Crippen molar-refractivity contribution in [3.63, 3.8) is 0 Å². The fraction of sp³-hybridized carbons (Fsp3) is 0. The van der Waals surface area contributed by atoms with Crippen molar-refractivity contribution in [1.29, 1.82) is 0 Å². The SMILES string of the molecule is c1ccc(-c2nc3ccccc3n2-c2ccc3c4c(cccc24)-c2ccccc2-3)cc1. The van der Waals surface area contributed by atoms with Crippen LogP contribution in [0.3, 0.4) is 0 Å². The van der Waals surface area contributed by atoms with E-state index in [1.54, 1.807) is 0 Å². The van der Waals surface area contributed by atoms with Gasteiger partial charge in [0.1, 0.15) is 5.82 Å². The number of fused-ring (bicyclic) bond motifs is 4. The van der Waals surface area contributed by atoms with Crippen molar-refractivity contribution in [2.45, 2.75) is 0 Å². The molecule has 31 heavy (non-hydrogen) atoms. The molecule has 2 heteroatoms. The number of aromatic nitrogens is 2. The second kappa shape index (κ2) is 6.16. The molecule has 7 rings (SSSR count). The standard InChI is InChI=1S/C29H18N2/c1-2-9-19(10-3-1)29-30-25-15-6-7-16-27(25)31(29)26-18-17-23-21-12-5-4-11-20(21)22-13-8-14-24(26)28(22)23/h1-18H. The van der Waals surface area contributed by atoms with Gasteiger partial charge in [-0.1, -0.05) is 91.0 Å². The summed E-state index contributed by atoms with van der Waals surface area (Å²) in [5.74, 6) is 0.970. The number of nitrogens with zero attached hydrogens (tertiary/aromatic N) is 2. The molecule has 0 unspecified atom stereocenters. The van der Waals surface area contributed by atoms with Gasteiger partial charge in [0.25, 0.3) is 0 Å². The third-order valence-electron chi connectivity index (χ3n) is 6.36. The van der Waals surface area contributed by atoms with E-state index in [1.807, 2.05) is 6.07 Å². The van der Waals surface area contributed by atoms with Gasteiger partial charge in [0.15, 0.2) is 0 Å². The van der Waals surface area contributed by atoms with Crippen molar-refractivity contribution in [3.8, 4) is 39.3 Å². The van der Waals surface area contributed by atoms with Crippen LogP contribution in [-0.4, -0.2) is 9.55 Å². The molecule has 0 radical (unpaired) electrons. The Kier molecular flexibility index (Phi) is 3.30. The number of benzene rings is 5. The summed E-state index contributed by atoms with van der Waals surface area (Å²) in [6.45, 7) is 0. The smallest absolute Gasteiger partial charge is 0.145 e. The van der Waals surface area contributed by atoms with Crippen LogP contribution in [-0.2, 0) is 0 Å². The van der Waals surface area contributed by atoms with Gasteiger partial charge in [0, 0.05) is 10.9 Å². The van der Waals surface area contributed by atoms with Crippen molar-refractivity contribution >= 4 is 21.8 Å². The summed E-state index contributed by atoms with van der Waals surface area (Å²) in [6, 6.07) is 38.7. The van der Waals surface area contributed by atoms with Gasteiger partial charge in [0.2, 0.25) is 0 Å². The summed E-state index contributed by atoms with van der Waals surface area (Å²) in [5.41, 5.74) is 9.68. The van der Waals surface area contributed by atoms with Gasteiger partial charge in [0.05, 0.1) is 16.7 Å². The molecule has 144 valence electrons. The van der Waals surface area contributed by atoms with E-state index in [0.717, 1.165) is 22.4 Å². The Balaban J connectivity index is 1.61. The Labute approximate surface area is 180 Å². The van der Waals surface area contributed by atoms with E-state index < -0.39 is 0 Å². The summed E-state index contributed by atoms with van der Waals surface area (Å²) in [6.07, 6.45) is 0. The van der Waals surface area contributed by atoms with Crippen LogP contribution in [0.5, 0.6) is 0 Å². The quantitative estimate of drug-likeness (QED) is 0.297. The Morgan fingerprint density at radius 2 is 1.19 bits per heavy atom. The Bertz CT molecular complexity index is 1590. The van der Waals surface area contributed by atoms with Crippen LogP contribution in [0.15, 0.2) is 109 Å². The lowest BCUT2D eigenvalue weighted by atomic mass is 10.0. The molecule has 0 bridgehead atoms. The van der Waals surface area contributed by atoms with E-state index in [-0.39, 0.29) is 0 Å². The summed E-state index contributed by atoms with van der Waals surface area (Å²) in [5, 5.41) is 2.59. The summed E-state index contributed by atoms with van der Waals surface area (Å²) in [7, 11) is 0. The summed E-state index contributed by atoms with van der Waals surface area (Å²) >= 11 is 0. The van der Waals surface area contributed by atoms with Gasteiger partial charge >= 0.3 is 0 Å². The fourth-order valence-corrected chi connectivity index (χ4v) is 5.04.